The monoisotopic (exact) mass is 522 g/mol. The molecule has 0 aliphatic carbocycles. The number of allylic oxidation sites excluding steroid dienone is 2. The maximum absolute atomic E-state index is 12.0. The molecule has 0 aliphatic rings. The molecule has 0 saturated heterocycles. The van der Waals surface area contributed by atoms with Crippen LogP contribution in [0, 0.1) is 0 Å². The molecule has 220 valence electrons. The number of carbonyl (C=O) groups is 1. The first-order valence-corrected chi connectivity index (χ1v) is 16.8. The lowest BCUT2D eigenvalue weighted by Gasteiger charge is -2.11. The molecule has 0 radical (unpaired) electrons. The number of esters is 1. The zero-order valence-electron chi connectivity index (χ0n) is 25.4. The summed E-state index contributed by atoms with van der Waals surface area (Å²) in [6.07, 6.45) is 39.6. The number of hydrogen-bond donors (Lipinski definition) is 1. The van der Waals surface area contributed by atoms with Crippen molar-refractivity contribution in [2.45, 2.75) is 193 Å². The molecule has 0 aromatic rings. The van der Waals surface area contributed by atoms with Crippen molar-refractivity contribution in [2.24, 2.45) is 5.73 Å². The highest BCUT2D eigenvalue weighted by atomic mass is 16.5. The first-order chi connectivity index (χ1) is 18.2. The van der Waals surface area contributed by atoms with Crippen molar-refractivity contribution < 1.29 is 9.53 Å². The minimum absolute atomic E-state index is 0.198. The van der Waals surface area contributed by atoms with E-state index < -0.39 is 6.04 Å². The van der Waals surface area contributed by atoms with E-state index in [1.54, 1.807) is 0 Å². The molecule has 1 atom stereocenters. The highest BCUT2D eigenvalue weighted by Crippen LogP contribution is 2.13. The van der Waals surface area contributed by atoms with Gasteiger partial charge in [-0.05, 0) is 38.5 Å². The molecule has 2 N–H and O–H groups in total. The van der Waals surface area contributed by atoms with E-state index in [0.29, 0.717) is 6.61 Å². The fourth-order valence-corrected chi connectivity index (χ4v) is 4.95. The molecule has 0 aromatic heterocycles. The fourth-order valence-electron chi connectivity index (χ4n) is 4.95. The quantitative estimate of drug-likeness (QED) is 0.0581. The standard InChI is InChI=1S/C34H67NO2/c1-3-5-7-9-11-13-14-15-16-17-18-19-20-21-22-23-24-26-28-30-32-37-34(36)33(35)31-29-27-25-12-10-8-6-4-2/h15-16,33H,3-14,17-32,35H2,1-2H3/b16-15+. The Balaban J connectivity index is 3.27. The minimum atomic E-state index is -0.429. The van der Waals surface area contributed by atoms with Gasteiger partial charge in [-0.25, -0.2) is 0 Å². The molecule has 0 saturated carbocycles. The van der Waals surface area contributed by atoms with Crippen molar-refractivity contribution in [3.8, 4) is 0 Å². The highest BCUT2D eigenvalue weighted by Gasteiger charge is 2.14. The van der Waals surface area contributed by atoms with Gasteiger partial charge in [-0.1, -0.05) is 161 Å². The number of unbranched alkanes of at least 4 members (excludes halogenated alkanes) is 23. The molecular weight excluding hydrogens is 454 g/mol. The van der Waals surface area contributed by atoms with Gasteiger partial charge in [0.2, 0.25) is 0 Å². The van der Waals surface area contributed by atoms with E-state index in [-0.39, 0.29) is 5.97 Å². The summed E-state index contributed by atoms with van der Waals surface area (Å²) in [5.41, 5.74) is 6.01. The van der Waals surface area contributed by atoms with Crippen molar-refractivity contribution in [1.29, 1.82) is 0 Å². The van der Waals surface area contributed by atoms with Crippen LogP contribution in [0.5, 0.6) is 0 Å². The van der Waals surface area contributed by atoms with E-state index in [9.17, 15) is 4.79 Å². The van der Waals surface area contributed by atoms with E-state index in [1.165, 1.54) is 148 Å². The van der Waals surface area contributed by atoms with Crippen LogP contribution in [-0.2, 0) is 9.53 Å². The number of carbonyl (C=O) groups excluding carboxylic acids is 1. The lowest BCUT2D eigenvalue weighted by Crippen LogP contribution is -2.32. The molecule has 3 heteroatoms. The molecule has 0 rings (SSSR count). The SMILES string of the molecule is CCCCCCCC/C=C/CCCCCCCCCCCCOC(=O)C(N)CCCCCCCCCC. The van der Waals surface area contributed by atoms with Crippen LogP contribution in [0.3, 0.4) is 0 Å². The van der Waals surface area contributed by atoms with E-state index in [4.69, 9.17) is 10.5 Å². The van der Waals surface area contributed by atoms with Crippen molar-refractivity contribution in [2.75, 3.05) is 6.61 Å². The van der Waals surface area contributed by atoms with Gasteiger partial charge >= 0.3 is 5.97 Å². The van der Waals surface area contributed by atoms with Gasteiger partial charge in [-0.2, -0.15) is 0 Å². The van der Waals surface area contributed by atoms with Crippen LogP contribution >= 0.6 is 0 Å². The average Bonchev–Trinajstić information content (AvgIpc) is 2.90. The number of hydrogen-bond acceptors (Lipinski definition) is 3. The zero-order valence-corrected chi connectivity index (χ0v) is 25.4. The van der Waals surface area contributed by atoms with Crippen LogP contribution in [0.15, 0.2) is 12.2 Å². The second kappa shape index (κ2) is 31.4. The third-order valence-electron chi connectivity index (χ3n) is 7.57. The largest absolute Gasteiger partial charge is 0.465 e. The van der Waals surface area contributed by atoms with E-state index in [1.807, 2.05) is 0 Å². The Kier molecular flexibility index (Phi) is 30.7. The predicted molar refractivity (Wildman–Crippen MR) is 164 cm³/mol. The van der Waals surface area contributed by atoms with Crippen molar-refractivity contribution >= 4 is 5.97 Å². The van der Waals surface area contributed by atoms with Crippen LogP contribution in [0.25, 0.3) is 0 Å². The molecule has 3 nitrogen and oxygen atoms in total. The Morgan fingerprint density at radius 1 is 0.541 bits per heavy atom. The summed E-state index contributed by atoms with van der Waals surface area (Å²) >= 11 is 0. The van der Waals surface area contributed by atoms with Crippen molar-refractivity contribution in [3.05, 3.63) is 12.2 Å². The van der Waals surface area contributed by atoms with E-state index in [0.717, 1.165) is 25.7 Å². The Morgan fingerprint density at radius 3 is 1.32 bits per heavy atom. The summed E-state index contributed by atoms with van der Waals surface area (Å²) in [4.78, 5) is 12.0. The molecule has 0 amide bonds. The van der Waals surface area contributed by atoms with Crippen LogP contribution in [0.4, 0.5) is 0 Å². The van der Waals surface area contributed by atoms with Crippen molar-refractivity contribution in [3.63, 3.8) is 0 Å². The Labute approximate surface area is 233 Å². The molecule has 1 unspecified atom stereocenters. The van der Waals surface area contributed by atoms with Crippen LogP contribution in [0.1, 0.15) is 187 Å². The van der Waals surface area contributed by atoms with E-state index in [2.05, 4.69) is 26.0 Å². The minimum Gasteiger partial charge on any atom is -0.465 e. The first kappa shape index (κ1) is 36.2. The second-order valence-corrected chi connectivity index (χ2v) is 11.4. The normalized spacial score (nSPS) is 12.4. The van der Waals surface area contributed by atoms with Gasteiger partial charge in [-0.15, -0.1) is 0 Å². The van der Waals surface area contributed by atoms with Gasteiger partial charge in [0.25, 0.3) is 0 Å². The van der Waals surface area contributed by atoms with Gasteiger partial charge in [-0.3, -0.25) is 4.79 Å². The molecule has 37 heavy (non-hydrogen) atoms. The summed E-state index contributed by atoms with van der Waals surface area (Å²) in [6, 6.07) is -0.429. The molecular formula is C34H67NO2. The maximum Gasteiger partial charge on any atom is 0.322 e. The van der Waals surface area contributed by atoms with Gasteiger partial charge in [0.15, 0.2) is 0 Å². The lowest BCUT2D eigenvalue weighted by molar-refractivity contribution is -0.145. The molecule has 0 fully saturated rings. The van der Waals surface area contributed by atoms with E-state index >= 15 is 0 Å². The zero-order chi connectivity index (χ0) is 27.1. The molecule has 0 bridgehead atoms. The third-order valence-corrected chi connectivity index (χ3v) is 7.57. The molecule has 0 aliphatic heterocycles. The second-order valence-electron chi connectivity index (χ2n) is 11.4. The molecule has 0 spiro atoms. The smallest absolute Gasteiger partial charge is 0.322 e. The summed E-state index contributed by atoms with van der Waals surface area (Å²) in [6.45, 7) is 5.07. The number of ether oxygens (including phenoxy) is 1. The number of rotatable bonds is 30. The molecule has 0 aromatic carbocycles. The lowest BCUT2D eigenvalue weighted by atomic mass is 10.0. The fraction of sp³-hybridized carbons (Fsp3) is 0.912. The summed E-state index contributed by atoms with van der Waals surface area (Å²) in [5.74, 6) is -0.198. The average molecular weight is 522 g/mol. The Morgan fingerprint density at radius 2 is 0.892 bits per heavy atom. The summed E-state index contributed by atoms with van der Waals surface area (Å²) in [7, 11) is 0. The Bertz CT molecular complexity index is 476. The van der Waals surface area contributed by atoms with Crippen LogP contribution < -0.4 is 5.73 Å². The maximum atomic E-state index is 12.0. The number of nitrogens with two attached hydrogens (primary N) is 1. The first-order valence-electron chi connectivity index (χ1n) is 16.8. The van der Waals surface area contributed by atoms with Crippen molar-refractivity contribution in [1.82, 2.24) is 0 Å². The Hall–Kier alpha value is -0.830. The van der Waals surface area contributed by atoms with Gasteiger partial charge in [0.1, 0.15) is 6.04 Å². The topological polar surface area (TPSA) is 52.3 Å². The summed E-state index contributed by atoms with van der Waals surface area (Å²) < 4.78 is 5.39. The van der Waals surface area contributed by atoms with Gasteiger partial charge in [0.05, 0.1) is 6.61 Å². The van der Waals surface area contributed by atoms with Gasteiger partial charge in [0, 0.05) is 0 Å². The summed E-state index contributed by atoms with van der Waals surface area (Å²) in [5, 5.41) is 0. The van der Waals surface area contributed by atoms with Crippen LogP contribution in [-0.4, -0.2) is 18.6 Å². The predicted octanol–water partition coefficient (Wildman–Crippen LogP) is 11.0. The molecule has 0 heterocycles. The van der Waals surface area contributed by atoms with Gasteiger partial charge < -0.3 is 10.5 Å². The van der Waals surface area contributed by atoms with Crippen LogP contribution in [0.2, 0.25) is 0 Å². The third kappa shape index (κ3) is 29.6. The highest BCUT2D eigenvalue weighted by molar-refractivity contribution is 5.75.